The number of ether oxygens (including phenoxy) is 2. The van der Waals surface area contributed by atoms with Crippen LogP contribution in [0.2, 0.25) is 0 Å². The fourth-order valence-electron chi connectivity index (χ4n) is 3.49. The van der Waals surface area contributed by atoms with Crippen LogP contribution in [0.15, 0.2) is 36.4 Å². The standard InChI is InChI=1S/C25H40O2/c1-2-3-4-5-6-7-8-9-10-11-12-13-14-15-17-23-18-16-19-24(20-23)26-21-25-22-27-25/h2-3,16,18-20,25H,4-15,17,21-22H2,1H3/b3-2+. The molecule has 1 aliphatic rings. The van der Waals surface area contributed by atoms with Crippen molar-refractivity contribution in [3.05, 3.63) is 42.0 Å². The van der Waals surface area contributed by atoms with E-state index in [4.69, 9.17) is 9.47 Å². The molecule has 27 heavy (non-hydrogen) atoms. The molecule has 1 aliphatic heterocycles. The third-order valence-corrected chi connectivity index (χ3v) is 5.31. The highest BCUT2D eigenvalue weighted by Gasteiger charge is 2.22. The molecule has 2 nitrogen and oxygen atoms in total. The van der Waals surface area contributed by atoms with Crippen LogP contribution >= 0.6 is 0 Å². The van der Waals surface area contributed by atoms with E-state index in [-0.39, 0.29) is 0 Å². The van der Waals surface area contributed by atoms with Crippen molar-refractivity contribution >= 4 is 0 Å². The average molecular weight is 373 g/mol. The van der Waals surface area contributed by atoms with E-state index >= 15 is 0 Å². The molecule has 152 valence electrons. The summed E-state index contributed by atoms with van der Waals surface area (Å²) in [6, 6.07) is 8.58. The Labute approximate surface area is 167 Å². The molecule has 0 aromatic heterocycles. The van der Waals surface area contributed by atoms with E-state index in [0.717, 1.165) is 12.4 Å². The van der Waals surface area contributed by atoms with E-state index in [1.807, 2.05) is 6.07 Å². The Morgan fingerprint density at radius 2 is 1.56 bits per heavy atom. The van der Waals surface area contributed by atoms with Crippen LogP contribution in [-0.2, 0) is 11.2 Å². The number of epoxide rings is 1. The van der Waals surface area contributed by atoms with Crippen molar-refractivity contribution < 1.29 is 9.47 Å². The van der Waals surface area contributed by atoms with Crippen LogP contribution in [0.4, 0.5) is 0 Å². The lowest BCUT2D eigenvalue weighted by atomic mass is 10.0. The summed E-state index contributed by atoms with van der Waals surface area (Å²) in [6.07, 6.45) is 22.6. The maximum absolute atomic E-state index is 5.77. The maximum atomic E-state index is 5.77. The molecule has 2 rings (SSSR count). The first-order valence-electron chi connectivity index (χ1n) is 11.3. The molecule has 0 aliphatic carbocycles. The Balaban J connectivity index is 1.36. The number of unbranched alkanes of at least 4 members (excludes halogenated alkanes) is 11. The van der Waals surface area contributed by atoms with Gasteiger partial charge < -0.3 is 9.47 Å². The van der Waals surface area contributed by atoms with Gasteiger partial charge in [0.25, 0.3) is 0 Å². The van der Waals surface area contributed by atoms with Crippen LogP contribution in [0.5, 0.6) is 5.75 Å². The molecular weight excluding hydrogens is 332 g/mol. The minimum absolute atomic E-state index is 0.330. The molecule has 1 fully saturated rings. The molecule has 0 spiro atoms. The molecule has 2 heteroatoms. The predicted molar refractivity (Wildman–Crippen MR) is 116 cm³/mol. The number of rotatable bonds is 17. The second-order valence-corrected chi connectivity index (χ2v) is 7.91. The van der Waals surface area contributed by atoms with Crippen molar-refractivity contribution in [1.29, 1.82) is 0 Å². The van der Waals surface area contributed by atoms with Crippen LogP contribution in [0.3, 0.4) is 0 Å². The molecule has 0 N–H and O–H groups in total. The molecule has 0 amide bonds. The van der Waals surface area contributed by atoms with E-state index < -0.39 is 0 Å². The van der Waals surface area contributed by atoms with E-state index in [0.29, 0.717) is 12.7 Å². The lowest BCUT2D eigenvalue weighted by Crippen LogP contribution is -2.04. The molecule has 0 radical (unpaired) electrons. The van der Waals surface area contributed by atoms with Gasteiger partial charge in [-0.25, -0.2) is 0 Å². The van der Waals surface area contributed by atoms with Gasteiger partial charge in [-0.15, -0.1) is 0 Å². The summed E-state index contributed by atoms with van der Waals surface area (Å²) in [6.45, 7) is 3.66. The molecule has 1 heterocycles. The van der Waals surface area contributed by atoms with Crippen molar-refractivity contribution in [3.63, 3.8) is 0 Å². The lowest BCUT2D eigenvalue weighted by molar-refractivity contribution is 0.263. The molecular formula is C25H40O2. The largest absolute Gasteiger partial charge is 0.491 e. The molecule has 0 bridgehead atoms. The highest BCUT2D eigenvalue weighted by atomic mass is 16.6. The lowest BCUT2D eigenvalue weighted by Gasteiger charge is -2.07. The van der Waals surface area contributed by atoms with Gasteiger partial charge in [0.05, 0.1) is 6.61 Å². The number of allylic oxidation sites excluding steroid dienone is 2. The van der Waals surface area contributed by atoms with Gasteiger partial charge in [0, 0.05) is 0 Å². The Hall–Kier alpha value is -1.28. The maximum Gasteiger partial charge on any atom is 0.119 e. The fraction of sp³-hybridized carbons (Fsp3) is 0.680. The average Bonchev–Trinajstić information content (AvgIpc) is 3.51. The van der Waals surface area contributed by atoms with Crippen LogP contribution in [-0.4, -0.2) is 19.3 Å². The zero-order valence-corrected chi connectivity index (χ0v) is 17.5. The molecule has 1 unspecified atom stereocenters. The minimum atomic E-state index is 0.330. The normalized spacial score (nSPS) is 16.1. The molecule has 0 saturated carbocycles. The third kappa shape index (κ3) is 11.9. The first kappa shape index (κ1) is 22.0. The fourth-order valence-corrected chi connectivity index (χ4v) is 3.49. The topological polar surface area (TPSA) is 21.8 Å². The van der Waals surface area contributed by atoms with Gasteiger partial charge in [0.1, 0.15) is 18.5 Å². The molecule has 1 aromatic rings. The van der Waals surface area contributed by atoms with Gasteiger partial charge in [-0.3, -0.25) is 0 Å². The van der Waals surface area contributed by atoms with E-state index in [9.17, 15) is 0 Å². The summed E-state index contributed by atoms with van der Waals surface area (Å²) in [4.78, 5) is 0. The zero-order valence-electron chi connectivity index (χ0n) is 17.5. The van der Waals surface area contributed by atoms with Crippen molar-refractivity contribution in [2.75, 3.05) is 13.2 Å². The number of benzene rings is 1. The number of aryl methyl sites for hydroxylation is 1. The Kier molecular flexibility index (Phi) is 12.0. The van der Waals surface area contributed by atoms with Crippen LogP contribution in [0.1, 0.15) is 89.5 Å². The first-order valence-corrected chi connectivity index (χ1v) is 11.3. The zero-order chi connectivity index (χ0) is 19.0. The van der Waals surface area contributed by atoms with Gasteiger partial charge in [-0.2, -0.15) is 0 Å². The third-order valence-electron chi connectivity index (χ3n) is 5.31. The second-order valence-electron chi connectivity index (χ2n) is 7.91. The summed E-state index contributed by atoms with van der Waals surface area (Å²) in [7, 11) is 0. The van der Waals surface area contributed by atoms with Crippen molar-refractivity contribution in [2.24, 2.45) is 0 Å². The molecule has 1 saturated heterocycles. The summed E-state index contributed by atoms with van der Waals surface area (Å²) in [5.41, 5.74) is 1.40. The van der Waals surface area contributed by atoms with Gasteiger partial charge >= 0.3 is 0 Å². The first-order chi connectivity index (χ1) is 13.4. The van der Waals surface area contributed by atoms with Crippen LogP contribution in [0, 0.1) is 0 Å². The predicted octanol–water partition coefficient (Wildman–Crippen LogP) is 7.26. The monoisotopic (exact) mass is 372 g/mol. The SMILES string of the molecule is C/C=C/CCCCCCCCCCCCCc1cccc(OCC2CO2)c1. The van der Waals surface area contributed by atoms with Gasteiger partial charge in [-0.05, 0) is 50.3 Å². The highest BCUT2D eigenvalue weighted by Crippen LogP contribution is 2.18. The number of hydrogen-bond donors (Lipinski definition) is 0. The van der Waals surface area contributed by atoms with E-state index in [1.165, 1.54) is 89.0 Å². The van der Waals surface area contributed by atoms with Crippen molar-refractivity contribution in [1.82, 2.24) is 0 Å². The smallest absolute Gasteiger partial charge is 0.119 e. The Morgan fingerprint density at radius 3 is 2.19 bits per heavy atom. The second kappa shape index (κ2) is 14.7. The summed E-state index contributed by atoms with van der Waals surface area (Å²) >= 11 is 0. The highest BCUT2D eigenvalue weighted by molar-refractivity contribution is 5.28. The summed E-state index contributed by atoms with van der Waals surface area (Å²) < 4.78 is 11.0. The molecule has 1 aromatic carbocycles. The Morgan fingerprint density at radius 1 is 0.926 bits per heavy atom. The Bertz CT molecular complexity index is 505. The quantitative estimate of drug-likeness (QED) is 0.163. The van der Waals surface area contributed by atoms with Gasteiger partial charge in [-0.1, -0.05) is 82.1 Å². The molecule has 1 atom stereocenters. The van der Waals surface area contributed by atoms with E-state index in [2.05, 4.69) is 37.3 Å². The number of hydrogen-bond acceptors (Lipinski definition) is 2. The van der Waals surface area contributed by atoms with Gasteiger partial charge in [0.2, 0.25) is 0 Å². The van der Waals surface area contributed by atoms with Gasteiger partial charge in [0.15, 0.2) is 0 Å². The minimum Gasteiger partial charge on any atom is -0.491 e. The summed E-state index contributed by atoms with van der Waals surface area (Å²) in [5, 5.41) is 0. The van der Waals surface area contributed by atoms with E-state index in [1.54, 1.807) is 0 Å². The van der Waals surface area contributed by atoms with Crippen LogP contribution in [0.25, 0.3) is 0 Å². The summed E-state index contributed by atoms with van der Waals surface area (Å²) in [5.74, 6) is 0.991. The van der Waals surface area contributed by atoms with Crippen LogP contribution < -0.4 is 4.74 Å². The van der Waals surface area contributed by atoms with Crippen molar-refractivity contribution in [2.45, 2.75) is 96.5 Å². The van der Waals surface area contributed by atoms with Crippen molar-refractivity contribution in [3.8, 4) is 5.75 Å².